The predicted octanol–water partition coefficient (Wildman–Crippen LogP) is 3.60. The zero-order chi connectivity index (χ0) is 21.7. The minimum atomic E-state index is -0.855. The zero-order valence-corrected chi connectivity index (χ0v) is 16.6. The third-order valence-corrected chi connectivity index (χ3v) is 4.55. The molecule has 1 unspecified atom stereocenters. The molecule has 0 saturated carbocycles. The van der Waals surface area contributed by atoms with Crippen LogP contribution in [0.2, 0.25) is 0 Å². The van der Waals surface area contributed by atoms with Gasteiger partial charge in [-0.2, -0.15) is 5.10 Å². The van der Waals surface area contributed by atoms with Crippen molar-refractivity contribution in [2.75, 3.05) is 5.32 Å². The molecule has 6 nitrogen and oxygen atoms in total. The predicted molar refractivity (Wildman–Crippen MR) is 110 cm³/mol. The number of halogens is 2. The summed E-state index contributed by atoms with van der Waals surface area (Å²) in [6.45, 7) is 3.59. The molecule has 0 saturated heterocycles. The molecule has 0 fully saturated rings. The molecule has 0 aliphatic carbocycles. The molecule has 8 heteroatoms. The number of aryl methyl sites for hydroxylation is 1. The molecular formula is C22H22F2N4O2. The van der Waals surface area contributed by atoms with Gasteiger partial charge in [0.05, 0.1) is 12.1 Å². The van der Waals surface area contributed by atoms with Gasteiger partial charge < -0.3 is 10.6 Å². The van der Waals surface area contributed by atoms with E-state index in [0.717, 1.165) is 30.2 Å². The van der Waals surface area contributed by atoms with Gasteiger partial charge in [0.25, 0.3) is 0 Å². The Labute approximate surface area is 172 Å². The van der Waals surface area contributed by atoms with E-state index in [-0.39, 0.29) is 12.0 Å². The quantitative estimate of drug-likeness (QED) is 0.554. The van der Waals surface area contributed by atoms with Crippen LogP contribution in [-0.2, 0) is 22.4 Å². The van der Waals surface area contributed by atoms with E-state index in [1.165, 1.54) is 12.5 Å². The van der Waals surface area contributed by atoms with E-state index < -0.39 is 29.5 Å². The largest absolute Gasteiger partial charge is 0.344 e. The summed E-state index contributed by atoms with van der Waals surface area (Å²) in [6.07, 6.45) is 0.703. The van der Waals surface area contributed by atoms with E-state index in [0.29, 0.717) is 11.5 Å². The van der Waals surface area contributed by atoms with Gasteiger partial charge in [-0.25, -0.2) is 8.78 Å². The number of aromatic nitrogens is 2. The Morgan fingerprint density at radius 3 is 2.33 bits per heavy atom. The number of H-pyrrole nitrogens is 1. The first kappa shape index (κ1) is 21.2. The van der Waals surface area contributed by atoms with E-state index >= 15 is 0 Å². The number of aromatic amines is 1. The lowest BCUT2D eigenvalue weighted by molar-refractivity contribution is -0.125. The fourth-order valence-corrected chi connectivity index (χ4v) is 2.94. The normalized spacial score (nSPS) is 11.7. The Kier molecular flexibility index (Phi) is 6.56. The lowest BCUT2D eigenvalue weighted by Gasteiger charge is -2.13. The number of hydrogen-bond donors (Lipinski definition) is 3. The molecule has 0 aliphatic heterocycles. The van der Waals surface area contributed by atoms with Gasteiger partial charge in [-0.1, -0.05) is 31.2 Å². The van der Waals surface area contributed by atoms with Gasteiger partial charge in [0.15, 0.2) is 0 Å². The highest BCUT2D eigenvalue weighted by Crippen LogP contribution is 2.20. The summed E-state index contributed by atoms with van der Waals surface area (Å²) in [5.41, 5.74) is 2.99. The fourth-order valence-electron chi connectivity index (χ4n) is 2.94. The summed E-state index contributed by atoms with van der Waals surface area (Å²) in [4.78, 5) is 24.4. The highest BCUT2D eigenvalue weighted by atomic mass is 19.1. The number of rotatable bonds is 7. The molecule has 30 heavy (non-hydrogen) atoms. The van der Waals surface area contributed by atoms with E-state index in [9.17, 15) is 18.4 Å². The molecule has 1 aromatic heterocycles. The average molecular weight is 412 g/mol. The molecule has 0 spiro atoms. The Hall–Kier alpha value is -3.55. The van der Waals surface area contributed by atoms with Gasteiger partial charge in [-0.05, 0) is 36.6 Å². The number of benzene rings is 2. The van der Waals surface area contributed by atoms with Crippen LogP contribution in [-0.4, -0.2) is 28.1 Å². The molecule has 3 N–H and O–H groups in total. The molecule has 3 aromatic rings. The maximum Gasteiger partial charge on any atom is 0.247 e. The Balaban J connectivity index is 1.56. The number of nitrogens with one attached hydrogen (secondary N) is 3. The summed E-state index contributed by atoms with van der Waals surface area (Å²) in [7, 11) is 0. The number of hydrogen-bond acceptors (Lipinski definition) is 3. The van der Waals surface area contributed by atoms with Crippen molar-refractivity contribution in [2.24, 2.45) is 0 Å². The van der Waals surface area contributed by atoms with Crippen LogP contribution in [0.15, 0.2) is 48.5 Å². The van der Waals surface area contributed by atoms with Crippen molar-refractivity contribution in [1.29, 1.82) is 0 Å². The first-order valence-electron chi connectivity index (χ1n) is 9.54. The Morgan fingerprint density at radius 2 is 1.70 bits per heavy atom. The van der Waals surface area contributed by atoms with Crippen molar-refractivity contribution in [3.8, 4) is 11.3 Å². The molecule has 0 radical (unpaired) electrons. The van der Waals surface area contributed by atoms with Crippen molar-refractivity contribution in [3.63, 3.8) is 0 Å². The molecule has 1 heterocycles. The van der Waals surface area contributed by atoms with Gasteiger partial charge in [-0.15, -0.1) is 0 Å². The van der Waals surface area contributed by atoms with Crippen LogP contribution >= 0.6 is 0 Å². The molecule has 0 bridgehead atoms. The fraction of sp³-hybridized carbons (Fsp3) is 0.227. The van der Waals surface area contributed by atoms with Crippen LogP contribution < -0.4 is 10.6 Å². The van der Waals surface area contributed by atoms with Crippen molar-refractivity contribution in [3.05, 3.63) is 71.3 Å². The minimum Gasteiger partial charge on any atom is -0.344 e. The lowest BCUT2D eigenvalue weighted by Crippen LogP contribution is -2.42. The van der Waals surface area contributed by atoms with E-state index in [1.54, 1.807) is 6.07 Å². The van der Waals surface area contributed by atoms with Crippen molar-refractivity contribution >= 4 is 17.6 Å². The summed E-state index contributed by atoms with van der Waals surface area (Å²) >= 11 is 0. The standard InChI is InChI=1S/C22H22F2N4O2/c1-3-14-4-6-16(7-5-14)19-12-20(28-27-19)26-22(30)13(2)25-21(29)10-15-8-17(23)11-18(24)9-15/h4-9,11-13H,3,10H2,1-2H3,(H,25,29)(H2,26,27,28,30). The number of carbonyl (C=O) groups excluding carboxylic acids is 2. The first-order chi connectivity index (χ1) is 14.3. The topological polar surface area (TPSA) is 86.9 Å². The maximum absolute atomic E-state index is 13.2. The highest BCUT2D eigenvalue weighted by molar-refractivity contribution is 5.96. The molecule has 2 aromatic carbocycles. The monoisotopic (exact) mass is 412 g/mol. The summed E-state index contributed by atoms with van der Waals surface area (Å²) < 4.78 is 26.5. The number of amides is 2. The van der Waals surface area contributed by atoms with Crippen molar-refractivity contribution in [1.82, 2.24) is 15.5 Å². The van der Waals surface area contributed by atoms with Crippen LogP contribution in [0.5, 0.6) is 0 Å². The van der Waals surface area contributed by atoms with Crippen LogP contribution in [0.4, 0.5) is 14.6 Å². The number of nitrogens with zero attached hydrogens (tertiary/aromatic N) is 1. The minimum absolute atomic E-state index is 0.185. The molecule has 3 rings (SSSR count). The molecule has 1 atom stereocenters. The van der Waals surface area contributed by atoms with Gasteiger partial charge in [0.1, 0.15) is 23.5 Å². The highest BCUT2D eigenvalue weighted by Gasteiger charge is 2.17. The Bertz CT molecular complexity index is 1030. The second kappa shape index (κ2) is 9.30. The first-order valence-corrected chi connectivity index (χ1v) is 9.54. The number of carbonyl (C=O) groups is 2. The van der Waals surface area contributed by atoms with Crippen LogP contribution in [0.3, 0.4) is 0 Å². The molecular weight excluding hydrogens is 390 g/mol. The van der Waals surface area contributed by atoms with E-state index in [2.05, 4.69) is 27.8 Å². The molecule has 2 amide bonds. The smallest absolute Gasteiger partial charge is 0.247 e. The van der Waals surface area contributed by atoms with E-state index in [4.69, 9.17) is 0 Å². The molecule has 156 valence electrons. The lowest BCUT2D eigenvalue weighted by atomic mass is 10.1. The van der Waals surface area contributed by atoms with Gasteiger partial charge in [0, 0.05) is 17.7 Å². The summed E-state index contributed by atoms with van der Waals surface area (Å²) in [5, 5.41) is 12.1. The molecule has 0 aliphatic rings. The van der Waals surface area contributed by atoms with Crippen molar-refractivity contribution in [2.45, 2.75) is 32.7 Å². The SMILES string of the molecule is CCc1ccc(-c2cc(NC(=O)C(C)NC(=O)Cc3cc(F)cc(F)c3)[nH]n2)cc1. The van der Waals surface area contributed by atoms with Crippen molar-refractivity contribution < 1.29 is 18.4 Å². The van der Waals surface area contributed by atoms with Gasteiger partial charge >= 0.3 is 0 Å². The summed E-state index contributed by atoms with van der Waals surface area (Å²) in [5.74, 6) is -2.11. The van der Waals surface area contributed by atoms with E-state index in [1.807, 2.05) is 24.3 Å². The average Bonchev–Trinajstić information content (AvgIpc) is 3.15. The van der Waals surface area contributed by atoms with Crippen LogP contribution in [0.1, 0.15) is 25.0 Å². The summed E-state index contributed by atoms with van der Waals surface area (Å²) in [6, 6.07) is 11.7. The zero-order valence-electron chi connectivity index (χ0n) is 16.6. The second-order valence-electron chi connectivity index (χ2n) is 6.95. The third-order valence-electron chi connectivity index (χ3n) is 4.55. The number of anilines is 1. The maximum atomic E-state index is 13.2. The van der Waals surface area contributed by atoms with Crippen LogP contribution in [0.25, 0.3) is 11.3 Å². The van der Waals surface area contributed by atoms with Gasteiger partial charge in [0.2, 0.25) is 11.8 Å². The third kappa shape index (κ3) is 5.50. The second-order valence-corrected chi connectivity index (χ2v) is 6.95. The van der Waals surface area contributed by atoms with Gasteiger partial charge in [-0.3, -0.25) is 14.7 Å². The van der Waals surface area contributed by atoms with Crippen LogP contribution in [0, 0.1) is 11.6 Å². The Morgan fingerprint density at radius 1 is 1.03 bits per heavy atom.